The number of aromatic amines is 1. The van der Waals surface area contributed by atoms with E-state index in [2.05, 4.69) is 36.2 Å². The number of H-pyrrole nitrogens is 1. The summed E-state index contributed by atoms with van der Waals surface area (Å²) in [6.45, 7) is 7.80. The molecule has 4 heterocycles. The van der Waals surface area contributed by atoms with Crippen LogP contribution in [0.1, 0.15) is 5.56 Å². The molecule has 1 aliphatic heterocycles. The molecule has 1 N–H and O–H groups in total. The van der Waals surface area contributed by atoms with Gasteiger partial charge in [-0.2, -0.15) is 0 Å². The summed E-state index contributed by atoms with van der Waals surface area (Å²) in [4.78, 5) is 22.9. The molecule has 2 aromatic carbocycles. The van der Waals surface area contributed by atoms with Gasteiger partial charge >= 0.3 is 5.69 Å². The standard InChI is InChI=1S/C24H16N6O/c1-25-19-4-2-16(3-5-19)17-13-22-23-26-8-11-30(23)21-7-6-20(29-10-9-27-24(29)31)12-18(21)15-28(22)14-17/h2-14H,15H2,(H,27,31). The predicted molar refractivity (Wildman–Crippen MR) is 118 cm³/mol. The van der Waals surface area contributed by atoms with Crippen LogP contribution >= 0.6 is 0 Å². The summed E-state index contributed by atoms with van der Waals surface area (Å²) < 4.78 is 5.87. The van der Waals surface area contributed by atoms with E-state index >= 15 is 0 Å². The van der Waals surface area contributed by atoms with Crippen molar-refractivity contribution in [3.63, 3.8) is 0 Å². The maximum atomic E-state index is 12.1. The quantitative estimate of drug-likeness (QED) is 0.435. The van der Waals surface area contributed by atoms with Crippen molar-refractivity contribution in [3.8, 4) is 34.0 Å². The first-order valence-electron chi connectivity index (χ1n) is 9.83. The Morgan fingerprint density at radius 3 is 2.65 bits per heavy atom. The van der Waals surface area contributed by atoms with Gasteiger partial charge in [0.25, 0.3) is 0 Å². The number of nitrogens with zero attached hydrogens (tertiary/aromatic N) is 5. The predicted octanol–water partition coefficient (Wildman–Crippen LogP) is 4.40. The lowest BCUT2D eigenvalue weighted by atomic mass is 10.1. The average molecular weight is 404 g/mol. The molecular formula is C24H16N6O. The van der Waals surface area contributed by atoms with Crippen LogP contribution < -0.4 is 5.69 Å². The van der Waals surface area contributed by atoms with Crippen LogP contribution in [0.25, 0.3) is 38.9 Å². The Balaban J connectivity index is 1.50. The monoisotopic (exact) mass is 404 g/mol. The molecule has 0 saturated heterocycles. The second-order valence-electron chi connectivity index (χ2n) is 7.47. The fourth-order valence-electron chi connectivity index (χ4n) is 4.19. The summed E-state index contributed by atoms with van der Waals surface area (Å²) in [7, 11) is 0. The Morgan fingerprint density at radius 1 is 1.00 bits per heavy atom. The Morgan fingerprint density at radius 2 is 1.87 bits per heavy atom. The number of imidazole rings is 2. The minimum absolute atomic E-state index is 0.163. The first kappa shape index (κ1) is 17.3. The molecule has 31 heavy (non-hydrogen) atoms. The molecule has 0 saturated carbocycles. The Hall–Kier alpha value is -4.57. The molecule has 5 aromatic rings. The highest BCUT2D eigenvalue weighted by Crippen LogP contribution is 2.34. The molecule has 6 rings (SSSR count). The molecule has 0 fully saturated rings. The van der Waals surface area contributed by atoms with Crippen molar-refractivity contribution in [3.05, 3.63) is 107 Å². The van der Waals surface area contributed by atoms with E-state index in [0.717, 1.165) is 39.6 Å². The van der Waals surface area contributed by atoms with Gasteiger partial charge in [0.2, 0.25) is 0 Å². The molecule has 1 aliphatic rings. The highest BCUT2D eigenvalue weighted by molar-refractivity contribution is 5.73. The molecule has 0 radical (unpaired) electrons. The van der Waals surface area contributed by atoms with E-state index < -0.39 is 0 Å². The molecule has 148 valence electrons. The minimum atomic E-state index is -0.163. The molecule has 0 atom stereocenters. The molecule has 3 aromatic heterocycles. The minimum Gasteiger partial charge on any atom is -0.340 e. The van der Waals surface area contributed by atoms with Crippen LogP contribution in [0.3, 0.4) is 0 Å². The fourth-order valence-corrected chi connectivity index (χ4v) is 4.19. The summed E-state index contributed by atoms with van der Waals surface area (Å²) in [5.41, 5.74) is 6.57. The van der Waals surface area contributed by atoms with Gasteiger partial charge in [-0.1, -0.05) is 24.3 Å². The summed E-state index contributed by atoms with van der Waals surface area (Å²) in [5, 5.41) is 0. The van der Waals surface area contributed by atoms with Crippen molar-refractivity contribution in [1.82, 2.24) is 23.7 Å². The van der Waals surface area contributed by atoms with Gasteiger partial charge in [0.1, 0.15) is 0 Å². The third kappa shape index (κ3) is 2.66. The fraction of sp³-hybridized carbons (Fsp3) is 0.0417. The van der Waals surface area contributed by atoms with Crippen LogP contribution in [0, 0.1) is 6.57 Å². The highest BCUT2D eigenvalue weighted by atomic mass is 16.1. The second kappa shape index (κ2) is 6.47. The lowest BCUT2D eigenvalue weighted by Gasteiger charge is -2.11. The van der Waals surface area contributed by atoms with Crippen molar-refractivity contribution in [1.29, 1.82) is 0 Å². The maximum Gasteiger partial charge on any atom is 0.330 e. The van der Waals surface area contributed by atoms with Gasteiger partial charge in [0.05, 0.1) is 23.6 Å². The van der Waals surface area contributed by atoms with Crippen molar-refractivity contribution in [2.45, 2.75) is 6.54 Å². The Labute approximate surface area is 177 Å². The van der Waals surface area contributed by atoms with Crippen molar-refractivity contribution in [2.24, 2.45) is 0 Å². The summed E-state index contributed by atoms with van der Waals surface area (Å²) in [6.07, 6.45) is 9.25. The summed E-state index contributed by atoms with van der Waals surface area (Å²) >= 11 is 0. The normalized spacial score (nSPS) is 11.8. The largest absolute Gasteiger partial charge is 0.340 e. The molecule has 0 aliphatic carbocycles. The zero-order valence-corrected chi connectivity index (χ0v) is 16.4. The van der Waals surface area contributed by atoms with Crippen LogP contribution in [0.2, 0.25) is 0 Å². The van der Waals surface area contributed by atoms with E-state index in [9.17, 15) is 4.79 Å². The SMILES string of the molecule is [C-]#[N+]c1ccc(-c2cc3n(c2)Cc2cc(-n4cc[nH]c4=O)ccc2-n2ccnc2-3)cc1. The molecule has 7 nitrogen and oxygen atoms in total. The summed E-state index contributed by atoms with van der Waals surface area (Å²) in [6, 6.07) is 15.8. The topological polar surface area (TPSA) is 64.9 Å². The zero-order chi connectivity index (χ0) is 20.9. The molecule has 0 spiro atoms. The lowest BCUT2D eigenvalue weighted by Crippen LogP contribution is -2.14. The molecule has 0 amide bonds. The smallest absolute Gasteiger partial charge is 0.330 e. The van der Waals surface area contributed by atoms with Crippen LogP contribution in [-0.4, -0.2) is 23.7 Å². The zero-order valence-electron chi connectivity index (χ0n) is 16.4. The van der Waals surface area contributed by atoms with E-state index in [1.54, 1.807) is 23.2 Å². The van der Waals surface area contributed by atoms with Gasteiger partial charge in [-0.25, -0.2) is 14.6 Å². The van der Waals surface area contributed by atoms with Gasteiger partial charge in [0, 0.05) is 43.1 Å². The van der Waals surface area contributed by atoms with E-state index in [1.807, 2.05) is 48.7 Å². The Kier molecular flexibility index (Phi) is 3.61. The number of nitrogens with one attached hydrogen (secondary N) is 1. The van der Waals surface area contributed by atoms with Crippen LogP contribution in [0.5, 0.6) is 0 Å². The van der Waals surface area contributed by atoms with Gasteiger partial charge in [-0.3, -0.25) is 9.13 Å². The van der Waals surface area contributed by atoms with Crippen LogP contribution in [-0.2, 0) is 6.54 Å². The number of fused-ring (bicyclic) bond motifs is 5. The van der Waals surface area contributed by atoms with Gasteiger partial charge in [-0.05, 0) is 35.4 Å². The van der Waals surface area contributed by atoms with E-state index in [0.29, 0.717) is 12.2 Å². The first-order chi connectivity index (χ1) is 15.2. The highest BCUT2D eigenvalue weighted by Gasteiger charge is 2.21. The van der Waals surface area contributed by atoms with E-state index in [-0.39, 0.29) is 5.69 Å². The molecular weight excluding hydrogens is 388 g/mol. The molecule has 0 unspecified atom stereocenters. The third-order valence-corrected chi connectivity index (χ3v) is 5.69. The van der Waals surface area contributed by atoms with Crippen molar-refractivity contribution in [2.75, 3.05) is 0 Å². The lowest BCUT2D eigenvalue weighted by molar-refractivity contribution is 0.816. The van der Waals surface area contributed by atoms with E-state index in [1.165, 1.54) is 0 Å². The maximum absolute atomic E-state index is 12.1. The first-order valence-corrected chi connectivity index (χ1v) is 9.83. The van der Waals surface area contributed by atoms with Crippen molar-refractivity contribution >= 4 is 5.69 Å². The molecule has 0 bridgehead atoms. The van der Waals surface area contributed by atoms with Gasteiger partial charge in [-0.15, -0.1) is 0 Å². The number of benzene rings is 2. The number of hydrogen-bond donors (Lipinski definition) is 1. The number of hydrogen-bond acceptors (Lipinski definition) is 2. The molecule has 7 heteroatoms. The second-order valence-corrected chi connectivity index (χ2v) is 7.47. The average Bonchev–Trinajstić information content (AvgIpc) is 3.52. The van der Waals surface area contributed by atoms with Crippen LogP contribution in [0.15, 0.2) is 84.3 Å². The Bertz CT molecular complexity index is 1540. The third-order valence-electron chi connectivity index (χ3n) is 5.69. The van der Waals surface area contributed by atoms with Crippen molar-refractivity contribution < 1.29 is 0 Å². The summed E-state index contributed by atoms with van der Waals surface area (Å²) in [5.74, 6) is 0.870. The van der Waals surface area contributed by atoms with Gasteiger partial charge in [0.15, 0.2) is 11.5 Å². The number of rotatable bonds is 2. The van der Waals surface area contributed by atoms with Gasteiger partial charge < -0.3 is 9.55 Å². The van der Waals surface area contributed by atoms with Crippen LogP contribution in [0.4, 0.5) is 5.69 Å². The number of aromatic nitrogens is 5. The van der Waals surface area contributed by atoms with E-state index in [4.69, 9.17) is 6.57 Å².